The fourth-order valence-corrected chi connectivity index (χ4v) is 2.39. The van der Waals surface area contributed by atoms with Crippen LogP contribution < -0.4 is 5.69 Å². The highest BCUT2D eigenvalue weighted by molar-refractivity contribution is 7.71. The van der Waals surface area contributed by atoms with E-state index < -0.39 is 0 Å². The quantitative estimate of drug-likeness (QED) is 0.598. The van der Waals surface area contributed by atoms with Crippen molar-refractivity contribution in [3.63, 3.8) is 0 Å². The highest BCUT2D eigenvalue weighted by atomic mass is 32.1. The first kappa shape index (κ1) is 11.1. The van der Waals surface area contributed by atoms with Crippen LogP contribution >= 0.6 is 24.4 Å². The van der Waals surface area contributed by atoms with Crippen molar-refractivity contribution in [3.8, 4) is 5.69 Å². The number of hydrogen-bond acceptors (Lipinski definition) is 3. The fraction of sp³-hybridized carbons (Fsp3) is 0. The molecule has 0 bridgehead atoms. The zero-order chi connectivity index (χ0) is 12.7. The van der Waals surface area contributed by atoms with Crippen molar-refractivity contribution >= 4 is 35.6 Å². The van der Waals surface area contributed by atoms with Crippen molar-refractivity contribution in [1.29, 1.82) is 0 Å². The van der Waals surface area contributed by atoms with E-state index in [1.165, 1.54) is 0 Å². The Bertz CT molecular complexity index is 885. The lowest BCUT2D eigenvalue weighted by Crippen LogP contribution is -2.11. The Balaban J connectivity index is 2.51. The number of fused-ring (bicyclic) bond motifs is 1. The van der Waals surface area contributed by atoms with Gasteiger partial charge in [-0.2, -0.15) is 0 Å². The summed E-state index contributed by atoms with van der Waals surface area (Å²) in [5.41, 5.74) is 1.70. The van der Waals surface area contributed by atoms with Crippen molar-refractivity contribution in [2.24, 2.45) is 0 Å². The molecule has 90 valence electrons. The third kappa shape index (κ3) is 1.64. The SMILES string of the molecule is O=c1[nH]c(=S)c2[nH]c(=S)n(-c3ccccc3)c2[nH]1. The molecule has 3 aromatic rings. The molecule has 0 spiro atoms. The van der Waals surface area contributed by atoms with E-state index in [0.29, 0.717) is 20.6 Å². The lowest BCUT2D eigenvalue weighted by molar-refractivity contribution is 1.02. The summed E-state index contributed by atoms with van der Waals surface area (Å²) in [6, 6.07) is 9.52. The molecule has 0 atom stereocenters. The fourth-order valence-electron chi connectivity index (χ4n) is 1.85. The molecule has 3 rings (SSSR count). The van der Waals surface area contributed by atoms with E-state index in [9.17, 15) is 4.79 Å². The maximum Gasteiger partial charge on any atom is 0.325 e. The van der Waals surface area contributed by atoms with Crippen LogP contribution in [0.15, 0.2) is 35.1 Å². The Morgan fingerprint density at radius 3 is 2.44 bits per heavy atom. The minimum atomic E-state index is -0.355. The van der Waals surface area contributed by atoms with Crippen LogP contribution in [0.3, 0.4) is 0 Å². The third-order valence-corrected chi connectivity index (χ3v) is 3.19. The molecule has 7 heteroatoms. The lowest BCUT2D eigenvalue weighted by atomic mass is 10.3. The largest absolute Gasteiger partial charge is 0.327 e. The van der Waals surface area contributed by atoms with Gasteiger partial charge in [-0.25, -0.2) is 4.79 Å². The van der Waals surface area contributed by atoms with Crippen LogP contribution in [0.5, 0.6) is 0 Å². The van der Waals surface area contributed by atoms with E-state index in [1.807, 2.05) is 30.3 Å². The van der Waals surface area contributed by atoms with Crippen molar-refractivity contribution in [1.82, 2.24) is 19.5 Å². The van der Waals surface area contributed by atoms with Crippen molar-refractivity contribution in [2.75, 3.05) is 0 Å². The van der Waals surface area contributed by atoms with Crippen LogP contribution in [0.1, 0.15) is 0 Å². The molecule has 18 heavy (non-hydrogen) atoms. The van der Waals surface area contributed by atoms with Gasteiger partial charge >= 0.3 is 5.69 Å². The van der Waals surface area contributed by atoms with Crippen LogP contribution in [0, 0.1) is 9.41 Å². The van der Waals surface area contributed by atoms with Gasteiger partial charge in [0.1, 0.15) is 15.8 Å². The number of hydrogen-bond donors (Lipinski definition) is 3. The number of H-pyrrole nitrogens is 3. The first-order valence-corrected chi connectivity index (χ1v) is 6.01. The maximum absolute atomic E-state index is 11.5. The molecule has 3 N–H and O–H groups in total. The zero-order valence-corrected chi connectivity index (χ0v) is 10.7. The highest BCUT2D eigenvalue weighted by Crippen LogP contribution is 2.16. The van der Waals surface area contributed by atoms with Crippen LogP contribution in [0.2, 0.25) is 0 Å². The summed E-state index contributed by atoms with van der Waals surface area (Å²) in [7, 11) is 0. The number of aromatic nitrogens is 4. The molecule has 0 aliphatic rings. The van der Waals surface area contributed by atoms with Crippen LogP contribution in [-0.4, -0.2) is 19.5 Å². The van der Waals surface area contributed by atoms with Gasteiger partial charge in [0.2, 0.25) is 0 Å². The zero-order valence-electron chi connectivity index (χ0n) is 9.06. The van der Waals surface area contributed by atoms with Gasteiger partial charge in [-0.05, 0) is 24.4 Å². The van der Waals surface area contributed by atoms with Crippen LogP contribution in [0.25, 0.3) is 16.9 Å². The summed E-state index contributed by atoms with van der Waals surface area (Å²) in [5, 5.41) is 0. The molecule has 1 aromatic carbocycles. The Labute approximate surface area is 111 Å². The molecule has 0 saturated heterocycles. The summed E-state index contributed by atoms with van der Waals surface area (Å²) in [5.74, 6) is 0. The molecule has 0 amide bonds. The predicted molar refractivity (Wildman–Crippen MR) is 74.3 cm³/mol. The molecule has 0 saturated carbocycles. The van der Waals surface area contributed by atoms with Crippen LogP contribution in [-0.2, 0) is 0 Å². The number of rotatable bonds is 1. The smallest absolute Gasteiger partial charge is 0.325 e. The number of nitrogens with zero attached hydrogens (tertiary/aromatic N) is 1. The second-order valence-corrected chi connectivity index (χ2v) is 4.53. The normalized spacial score (nSPS) is 10.9. The third-order valence-electron chi connectivity index (χ3n) is 2.60. The molecular formula is C11H8N4OS2. The Morgan fingerprint density at radius 1 is 1.00 bits per heavy atom. The van der Waals surface area contributed by atoms with E-state index in [0.717, 1.165) is 5.69 Å². The molecule has 0 aliphatic heterocycles. The number of para-hydroxylation sites is 1. The number of aromatic amines is 3. The average Bonchev–Trinajstić information content (AvgIpc) is 2.67. The monoisotopic (exact) mass is 276 g/mol. The summed E-state index contributed by atoms with van der Waals surface area (Å²) >= 11 is 10.4. The van der Waals surface area contributed by atoms with Crippen molar-refractivity contribution in [2.45, 2.75) is 0 Å². The molecule has 0 fully saturated rings. The minimum Gasteiger partial charge on any atom is -0.327 e. The van der Waals surface area contributed by atoms with E-state index in [-0.39, 0.29) is 5.69 Å². The number of nitrogens with one attached hydrogen (secondary N) is 3. The van der Waals surface area contributed by atoms with Crippen molar-refractivity contribution < 1.29 is 0 Å². The van der Waals surface area contributed by atoms with Gasteiger partial charge in [-0.15, -0.1) is 0 Å². The topological polar surface area (TPSA) is 69.4 Å². The summed E-state index contributed by atoms with van der Waals surface area (Å²) in [6.07, 6.45) is 0. The first-order valence-electron chi connectivity index (χ1n) is 5.19. The molecule has 2 heterocycles. The second-order valence-electron chi connectivity index (χ2n) is 3.73. The highest BCUT2D eigenvalue weighted by Gasteiger charge is 2.08. The molecule has 0 aliphatic carbocycles. The second kappa shape index (κ2) is 4.04. The van der Waals surface area contributed by atoms with Gasteiger partial charge in [-0.3, -0.25) is 14.5 Å². The van der Waals surface area contributed by atoms with Gasteiger partial charge < -0.3 is 4.98 Å². The lowest BCUT2D eigenvalue weighted by Gasteiger charge is -2.02. The summed E-state index contributed by atoms with van der Waals surface area (Å²) < 4.78 is 2.57. The number of benzene rings is 1. The average molecular weight is 276 g/mol. The van der Waals surface area contributed by atoms with E-state index in [2.05, 4.69) is 15.0 Å². The summed E-state index contributed by atoms with van der Waals surface area (Å²) in [4.78, 5) is 19.7. The molecule has 2 aromatic heterocycles. The predicted octanol–water partition coefficient (Wildman–Crippen LogP) is 2.43. The Kier molecular flexibility index (Phi) is 2.49. The minimum absolute atomic E-state index is 0.342. The molecule has 5 nitrogen and oxygen atoms in total. The van der Waals surface area contributed by atoms with Gasteiger partial charge in [0.15, 0.2) is 4.77 Å². The molecular weight excluding hydrogens is 268 g/mol. The van der Waals surface area contributed by atoms with Crippen LogP contribution in [0.4, 0.5) is 0 Å². The Morgan fingerprint density at radius 2 is 1.72 bits per heavy atom. The maximum atomic E-state index is 11.5. The molecule has 0 unspecified atom stereocenters. The Hall–Kier alpha value is -1.99. The van der Waals surface area contributed by atoms with E-state index in [4.69, 9.17) is 24.4 Å². The summed E-state index contributed by atoms with van der Waals surface area (Å²) in [6.45, 7) is 0. The van der Waals surface area contributed by atoms with E-state index in [1.54, 1.807) is 4.57 Å². The standard InChI is InChI=1S/C11H8N4OS2/c16-10-13-8-7(9(17)14-10)12-11(18)15(8)6-4-2-1-3-5-6/h1-5H,(H,12,18)(H2,13,14,16,17). The van der Waals surface area contributed by atoms with E-state index >= 15 is 0 Å². The van der Waals surface area contributed by atoms with Gasteiger partial charge in [0.05, 0.1) is 0 Å². The van der Waals surface area contributed by atoms with Gasteiger partial charge in [0, 0.05) is 5.69 Å². The van der Waals surface area contributed by atoms with Gasteiger partial charge in [-0.1, -0.05) is 30.4 Å². The van der Waals surface area contributed by atoms with Crippen molar-refractivity contribution in [3.05, 3.63) is 50.2 Å². The molecule has 0 radical (unpaired) electrons. The van der Waals surface area contributed by atoms with Gasteiger partial charge in [0.25, 0.3) is 0 Å². The number of imidazole rings is 1. The first-order chi connectivity index (χ1) is 8.66.